The molecule has 126 valence electrons. The molecule has 2 N–H and O–H groups in total. The fourth-order valence-electron chi connectivity index (χ4n) is 3.34. The summed E-state index contributed by atoms with van der Waals surface area (Å²) in [5.74, 6) is -1.01. The van der Waals surface area contributed by atoms with Gasteiger partial charge in [0.15, 0.2) is 5.60 Å². The molecule has 2 aliphatic heterocycles. The molecule has 0 aliphatic carbocycles. The van der Waals surface area contributed by atoms with Crippen LogP contribution < -0.4 is 0 Å². The van der Waals surface area contributed by atoms with Gasteiger partial charge in [-0.15, -0.1) is 0 Å². The summed E-state index contributed by atoms with van der Waals surface area (Å²) < 4.78 is 10.5. The first-order chi connectivity index (χ1) is 10.3. The Labute approximate surface area is 131 Å². The van der Waals surface area contributed by atoms with Crippen LogP contribution in [0.5, 0.6) is 0 Å². The summed E-state index contributed by atoms with van der Waals surface area (Å²) in [6.45, 7) is 6.90. The van der Waals surface area contributed by atoms with Crippen LogP contribution in [-0.2, 0) is 14.3 Å². The summed E-state index contributed by atoms with van der Waals surface area (Å²) in [6.07, 6.45) is 1.67. The Morgan fingerprint density at radius 1 is 1.50 bits per heavy atom. The molecule has 1 fully saturated rings. The Bertz CT molecular complexity index is 450. The molecule has 0 unspecified atom stereocenters. The molecule has 0 radical (unpaired) electrons. The van der Waals surface area contributed by atoms with E-state index in [9.17, 15) is 15.0 Å². The van der Waals surface area contributed by atoms with Crippen molar-refractivity contribution in [3.8, 4) is 0 Å². The van der Waals surface area contributed by atoms with Gasteiger partial charge in [-0.05, 0) is 24.8 Å². The molecule has 0 amide bonds. The van der Waals surface area contributed by atoms with Crippen molar-refractivity contribution in [1.82, 2.24) is 4.90 Å². The Morgan fingerprint density at radius 2 is 2.18 bits per heavy atom. The predicted molar refractivity (Wildman–Crippen MR) is 81.3 cm³/mol. The Morgan fingerprint density at radius 3 is 2.77 bits per heavy atom. The fraction of sp³-hybridized carbons (Fsp3) is 0.812. The summed E-state index contributed by atoms with van der Waals surface area (Å²) in [5.41, 5.74) is -0.767. The zero-order valence-electron chi connectivity index (χ0n) is 13.8. The van der Waals surface area contributed by atoms with E-state index in [2.05, 4.69) is 4.90 Å². The molecular formula is C16H27NO5. The van der Waals surface area contributed by atoms with Gasteiger partial charge in [0.2, 0.25) is 0 Å². The molecule has 0 aromatic rings. The van der Waals surface area contributed by atoms with Crippen LogP contribution >= 0.6 is 0 Å². The van der Waals surface area contributed by atoms with Gasteiger partial charge in [0, 0.05) is 20.2 Å². The standard InChI is InChI=1S/C16H27NO5/c1-10(2)16(20,11(3)21-4)15(19)22-9-12-5-7-17-8-6-13(18)14(12)17/h5,10-11,13-14,18,20H,6-9H2,1-4H3/t11-,13-,14+,16+/m0/s1. The molecule has 4 atom stereocenters. The lowest BCUT2D eigenvalue weighted by molar-refractivity contribution is -0.186. The van der Waals surface area contributed by atoms with Crippen molar-refractivity contribution in [3.63, 3.8) is 0 Å². The number of aliphatic hydroxyl groups is 2. The van der Waals surface area contributed by atoms with Crippen molar-refractivity contribution >= 4 is 5.97 Å². The molecule has 1 saturated heterocycles. The first-order valence-corrected chi connectivity index (χ1v) is 7.85. The molecule has 0 aromatic heterocycles. The van der Waals surface area contributed by atoms with E-state index >= 15 is 0 Å². The normalized spacial score (nSPS) is 29.1. The summed E-state index contributed by atoms with van der Waals surface area (Å²) in [5, 5.41) is 20.7. The van der Waals surface area contributed by atoms with Crippen molar-refractivity contribution < 1.29 is 24.5 Å². The molecule has 2 aliphatic rings. The van der Waals surface area contributed by atoms with Gasteiger partial charge in [-0.3, -0.25) is 4.90 Å². The third-order valence-corrected chi connectivity index (χ3v) is 4.99. The highest BCUT2D eigenvalue weighted by Crippen LogP contribution is 2.30. The van der Waals surface area contributed by atoms with Crippen molar-refractivity contribution in [2.75, 3.05) is 26.8 Å². The molecule has 2 heterocycles. The minimum Gasteiger partial charge on any atom is -0.459 e. The number of nitrogens with zero attached hydrogens (tertiary/aromatic N) is 1. The van der Waals surface area contributed by atoms with E-state index in [1.165, 1.54) is 7.11 Å². The van der Waals surface area contributed by atoms with E-state index < -0.39 is 23.8 Å². The number of aliphatic hydroxyl groups excluding tert-OH is 1. The van der Waals surface area contributed by atoms with Crippen molar-refractivity contribution in [3.05, 3.63) is 11.6 Å². The smallest absolute Gasteiger partial charge is 0.341 e. The van der Waals surface area contributed by atoms with Crippen molar-refractivity contribution in [2.24, 2.45) is 5.92 Å². The number of carbonyl (C=O) groups is 1. The average molecular weight is 313 g/mol. The SMILES string of the molecule is CO[C@@H](C)[C@@](O)(C(=O)OCC1=CCN2CC[C@H](O)[C@@H]12)C(C)C. The summed E-state index contributed by atoms with van der Waals surface area (Å²) in [4.78, 5) is 14.5. The van der Waals surface area contributed by atoms with Gasteiger partial charge in [0.05, 0.1) is 18.2 Å². The molecule has 0 spiro atoms. The topological polar surface area (TPSA) is 79.2 Å². The van der Waals surface area contributed by atoms with Gasteiger partial charge in [-0.1, -0.05) is 19.9 Å². The van der Waals surface area contributed by atoms with Crippen LogP contribution in [0.4, 0.5) is 0 Å². The lowest BCUT2D eigenvalue weighted by atomic mass is 9.85. The van der Waals surface area contributed by atoms with Gasteiger partial charge < -0.3 is 19.7 Å². The number of hydrogen-bond acceptors (Lipinski definition) is 6. The third kappa shape index (κ3) is 2.93. The highest BCUT2D eigenvalue weighted by molar-refractivity contribution is 5.80. The third-order valence-electron chi connectivity index (χ3n) is 4.99. The van der Waals surface area contributed by atoms with E-state index in [4.69, 9.17) is 9.47 Å². The number of esters is 1. The molecule has 0 saturated carbocycles. The first kappa shape index (κ1) is 17.4. The number of ether oxygens (including phenoxy) is 2. The molecule has 0 bridgehead atoms. The molecule has 22 heavy (non-hydrogen) atoms. The van der Waals surface area contributed by atoms with Gasteiger partial charge in [0.1, 0.15) is 6.61 Å². The minimum absolute atomic E-state index is 0.0557. The number of carbonyl (C=O) groups excluding carboxylic acids is 1. The van der Waals surface area contributed by atoms with Gasteiger partial charge in [0.25, 0.3) is 0 Å². The van der Waals surface area contributed by atoms with Crippen LogP contribution in [0.15, 0.2) is 11.6 Å². The van der Waals surface area contributed by atoms with Gasteiger partial charge in [-0.2, -0.15) is 0 Å². The summed E-state index contributed by atoms with van der Waals surface area (Å²) in [7, 11) is 1.46. The maximum Gasteiger partial charge on any atom is 0.341 e. The van der Waals surface area contributed by atoms with Crippen molar-refractivity contribution in [1.29, 1.82) is 0 Å². The Balaban J connectivity index is 2.00. The molecule has 2 rings (SSSR count). The zero-order valence-corrected chi connectivity index (χ0v) is 13.8. The summed E-state index contributed by atoms with van der Waals surface area (Å²) in [6, 6.07) is -0.0557. The monoisotopic (exact) mass is 313 g/mol. The molecule has 6 nitrogen and oxygen atoms in total. The number of rotatable bonds is 6. The highest BCUT2D eigenvalue weighted by atomic mass is 16.6. The second kappa shape index (κ2) is 6.66. The fourth-order valence-corrected chi connectivity index (χ4v) is 3.34. The maximum atomic E-state index is 12.4. The van der Waals surface area contributed by atoms with E-state index in [1.54, 1.807) is 20.8 Å². The minimum atomic E-state index is -1.68. The average Bonchev–Trinajstić information content (AvgIpc) is 3.06. The van der Waals surface area contributed by atoms with Gasteiger partial charge in [-0.25, -0.2) is 4.79 Å². The van der Waals surface area contributed by atoms with E-state index in [-0.39, 0.29) is 18.6 Å². The molecular weight excluding hydrogens is 286 g/mol. The van der Waals surface area contributed by atoms with Crippen LogP contribution in [0.3, 0.4) is 0 Å². The van der Waals surface area contributed by atoms with Gasteiger partial charge >= 0.3 is 5.97 Å². The van der Waals surface area contributed by atoms with Crippen LogP contribution in [0, 0.1) is 5.92 Å². The number of hydrogen-bond donors (Lipinski definition) is 2. The van der Waals surface area contributed by atoms with E-state index in [1.807, 2.05) is 6.08 Å². The number of fused-ring (bicyclic) bond motifs is 1. The summed E-state index contributed by atoms with van der Waals surface area (Å²) >= 11 is 0. The van der Waals surface area contributed by atoms with Crippen LogP contribution in [-0.4, -0.2) is 71.7 Å². The Kier molecular flexibility index (Phi) is 5.27. The number of methoxy groups -OCH3 is 1. The van der Waals surface area contributed by atoms with Crippen LogP contribution in [0.1, 0.15) is 27.2 Å². The quantitative estimate of drug-likeness (QED) is 0.543. The maximum absolute atomic E-state index is 12.4. The molecule has 6 heteroatoms. The van der Waals surface area contributed by atoms with Crippen LogP contribution in [0.25, 0.3) is 0 Å². The lowest BCUT2D eigenvalue weighted by Crippen LogP contribution is -2.54. The van der Waals surface area contributed by atoms with Crippen LogP contribution in [0.2, 0.25) is 0 Å². The first-order valence-electron chi connectivity index (χ1n) is 7.85. The van der Waals surface area contributed by atoms with E-state index in [0.717, 1.165) is 25.1 Å². The van der Waals surface area contributed by atoms with Crippen molar-refractivity contribution in [2.45, 2.75) is 51.0 Å². The lowest BCUT2D eigenvalue weighted by Gasteiger charge is -2.34. The second-order valence-electron chi connectivity index (χ2n) is 6.51. The second-order valence-corrected chi connectivity index (χ2v) is 6.51. The largest absolute Gasteiger partial charge is 0.459 e. The highest BCUT2D eigenvalue weighted by Gasteiger charge is 2.47. The Hall–Kier alpha value is -0.950. The van der Waals surface area contributed by atoms with E-state index in [0.29, 0.717) is 0 Å². The predicted octanol–water partition coefficient (Wildman–Crippen LogP) is 0.327. The molecule has 0 aromatic carbocycles. The zero-order chi connectivity index (χ0) is 16.5.